The number of aliphatic hydroxyl groups is 1. The minimum absolute atomic E-state index is 0.192. The largest absolute Gasteiger partial charge is 0.391 e. The van der Waals surface area contributed by atoms with E-state index in [1.54, 1.807) is 0 Å². The fraction of sp³-hybridized carbons (Fsp3) is 0.600. The smallest absolute Gasteiger partial charge is 0.264 e. The van der Waals surface area contributed by atoms with E-state index in [0.29, 0.717) is 13.0 Å². The first-order chi connectivity index (χ1) is 9.94. The van der Waals surface area contributed by atoms with Crippen LogP contribution < -0.4 is 0 Å². The van der Waals surface area contributed by atoms with Crippen molar-refractivity contribution in [2.24, 2.45) is 5.92 Å². The van der Waals surface area contributed by atoms with Crippen molar-refractivity contribution in [1.29, 1.82) is 0 Å². The number of hydrogen-bond acceptors (Lipinski definition) is 5. The van der Waals surface area contributed by atoms with Crippen LogP contribution in [-0.4, -0.2) is 50.5 Å². The fourth-order valence-corrected chi connectivity index (χ4v) is 3.17. The van der Waals surface area contributed by atoms with E-state index < -0.39 is 10.1 Å². The van der Waals surface area contributed by atoms with Gasteiger partial charge in [0.2, 0.25) is 0 Å². The highest BCUT2D eigenvalue weighted by Gasteiger charge is 2.30. The van der Waals surface area contributed by atoms with Gasteiger partial charge in [-0.15, -0.1) is 0 Å². The first-order valence-corrected chi connectivity index (χ1v) is 9.04. The summed E-state index contributed by atoms with van der Waals surface area (Å²) in [5.74, 6) is 0.192. The molecule has 2 unspecified atom stereocenters. The second kappa shape index (κ2) is 7.35. The van der Waals surface area contributed by atoms with Crippen LogP contribution in [0.4, 0.5) is 0 Å². The van der Waals surface area contributed by atoms with Gasteiger partial charge in [-0.05, 0) is 24.3 Å². The Morgan fingerprint density at radius 3 is 2.67 bits per heavy atom. The average molecular weight is 313 g/mol. The highest BCUT2D eigenvalue weighted by Crippen LogP contribution is 2.23. The molecule has 1 N–H and O–H groups in total. The molecule has 0 bridgehead atoms. The molecule has 1 saturated heterocycles. The van der Waals surface area contributed by atoms with Gasteiger partial charge in [0.1, 0.15) is 0 Å². The molecular formula is C15H23NO4S. The van der Waals surface area contributed by atoms with Crippen LogP contribution in [0, 0.1) is 5.92 Å². The third-order valence-electron chi connectivity index (χ3n) is 3.75. The highest BCUT2D eigenvalue weighted by atomic mass is 32.2. The summed E-state index contributed by atoms with van der Waals surface area (Å²) in [5.41, 5.74) is 1.24. The fourth-order valence-electron chi connectivity index (χ4n) is 2.75. The third kappa shape index (κ3) is 5.74. The van der Waals surface area contributed by atoms with Crippen molar-refractivity contribution >= 4 is 10.1 Å². The molecule has 118 valence electrons. The minimum Gasteiger partial charge on any atom is -0.391 e. The van der Waals surface area contributed by atoms with Crippen molar-refractivity contribution in [3.63, 3.8) is 0 Å². The molecule has 5 nitrogen and oxygen atoms in total. The molecule has 1 heterocycles. The van der Waals surface area contributed by atoms with Gasteiger partial charge in [0.25, 0.3) is 10.1 Å². The van der Waals surface area contributed by atoms with E-state index in [-0.39, 0.29) is 18.6 Å². The lowest BCUT2D eigenvalue weighted by molar-refractivity contribution is 0.133. The van der Waals surface area contributed by atoms with E-state index in [1.807, 2.05) is 18.2 Å². The Morgan fingerprint density at radius 1 is 1.29 bits per heavy atom. The topological polar surface area (TPSA) is 66.8 Å². The molecular weight excluding hydrogens is 290 g/mol. The number of aliphatic hydroxyl groups excluding tert-OH is 1. The summed E-state index contributed by atoms with van der Waals surface area (Å²) in [6.45, 7) is 2.55. The second-order valence-electron chi connectivity index (χ2n) is 5.68. The van der Waals surface area contributed by atoms with Crippen LogP contribution in [0.25, 0.3) is 0 Å². The number of benzene rings is 1. The maximum atomic E-state index is 10.9. The molecule has 0 radical (unpaired) electrons. The summed E-state index contributed by atoms with van der Waals surface area (Å²) >= 11 is 0. The SMILES string of the molecule is CS(=O)(=O)OCCCC1CN(Cc2ccccc2)CC1O. The maximum Gasteiger partial charge on any atom is 0.264 e. The first-order valence-electron chi connectivity index (χ1n) is 7.23. The van der Waals surface area contributed by atoms with Crippen LogP contribution >= 0.6 is 0 Å². The van der Waals surface area contributed by atoms with Crippen LogP contribution in [0.3, 0.4) is 0 Å². The summed E-state index contributed by atoms with van der Waals surface area (Å²) in [6.07, 6.45) is 2.14. The zero-order chi connectivity index (χ0) is 15.3. The minimum atomic E-state index is -3.36. The van der Waals surface area contributed by atoms with Gasteiger partial charge in [0, 0.05) is 19.6 Å². The Morgan fingerprint density at radius 2 is 2.00 bits per heavy atom. The number of nitrogens with zero attached hydrogens (tertiary/aromatic N) is 1. The quantitative estimate of drug-likeness (QED) is 0.606. The van der Waals surface area contributed by atoms with Crippen molar-refractivity contribution in [1.82, 2.24) is 4.90 Å². The first kappa shape index (κ1) is 16.4. The number of likely N-dealkylation sites (tertiary alicyclic amines) is 1. The van der Waals surface area contributed by atoms with E-state index in [9.17, 15) is 13.5 Å². The molecule has 2 rings (SSSR count). The van der Waals surface area contributed by atoms with Gasteiger partial charge in [0.05, 0.1) is 19.0 Å². The lowest BCUT2D eigenvalue weighted by Crippen LogP contribution is -2.21. The lowest BCUT2D eigenvalue weighted by atomic mass is 10.0. The van der Waals surface area contributed by atoms with Crippen LogP contribution in [0.1, 0.15) is 18.4 Å². The van der Waals surface area contributed by atoms with E-state index in [4.69, 9.17) is 4.18 Å². The van der Waals surface area contributed by atoms with Crippen molar-refractivity contribution in [3.8, 4) is 0 Å². The van der Waals surface area contributed by atoms with Gasteiger partial charge < -0.3 is 5.11 Å². The van der Waals surface area contributed by atoms with E-state index >= 15 is 0 Å². The molecule has 0 saturated carbocycles. The zero-order valence-electron chi connectivity index (χ0n) is 12.3. The Hall–Kier alpha value is -0.950. The third-order valence-corrected chi connectivity index (χ3v) is 4.34. The molecule has 0 aromatic heterocycles. The number of hydrogen-bond donors (Lipinski definition) is 1. The predicted molar refractivity (Wildman–Crippen MR) is 81.2 cm³/mol. The molecule has 0 amide bonds. The molecule has 0 aliphatic carbocycles. The van der Waals surface area contributed by atoms with Gasteiger partial charge >= 0.3 is 0 Å². The highest BCUT2D eigenvalue weighted by molar-refractivity contribution is 7.85. The Balaban J connectivity index is 1.73. The molecule has 1 aliphatic rings. The Kier molecular flexibility index (Phi) is 5.75. The molecule has 0 spiro atoms. The van der Waals surface area contributed by atoms with Crippen molar-refractivity contribution in [2.75, 3.05) is 26.0 Å². The van der Waals surface area contributed by atoms with E-state index in [1.165, 1.54) is 5.56 Å². The van der Waals surface area contributed by atoms with Crippen molar-refractivity contribution in [3.05, 3.63) is 35.9 Å². The average Bonchev–Trinajstić information content (AvgIpc) is 2.75. The van der Waals surface area contributed by atoms with Crippen LogP contribution in [0.2, 0.25) is 0 Å². The maximum absolute atomic E-state index is 10.9. The second-order valence-corrected chi connectivity index (χ2v) is 7.32. The van der Waals surface area contributed by atoms with Gasteiger partial charge in [-0.25, -0.2) is 0 Å². The molecule has 2 atom stereocenters. The van der Waals surface area contributed by atoms with E-state index in [0.717, 1.165) is 25.8 Å². The zero-order valence-corrected chi connectivity index (χ0v) is 13.1. The molecule has 1 aromatic rings. The van der Waals surface area contributed by atoms with Gasteiger partial charge in [-0.3, -0.25) is 9.08 Å². The standard InChI is InChI=1S/C15H23NO4S/c1-21(18,19)20-9-5-8-14-11-16(12-15(14)17)10-13-6-3-2-4-7-13/h2-4,6-7,14-15,17H,5,8-12H2,1H3. The summed E-state index contributed by atoms with van der Waals surface area (Å²) in [4.78, 5) is 2.24. The Bertz CT molecular complexity index is 532. The van der Waals surface area contributed by atoms with Crippen molar-refractivity contribution in [2.45, 2.75) is 25.5 Å². The molecule has 1 fully saturated rings. The van der Waals surface area contributed by atoms with Crippen LogP contribution in [0.15, 0.2) is 30.3 Å². The monoisotopic (exact) mass is 313 g/mol. The summed E-state index contributed by atoms with van der Waals surface area (Å²) < 4.78 is 26.5. The predicted octanol–water partition coefficient (Wildman–Crippen LogP) is 1.24. The molecule has 6 heteroatoms. The number of rotatable bonds is 7. The summed E-state index contributed by atoms with van der Waals surface area (Å²) in [7, 11) is -3.36. The molecule has 1 aliphatic heterocycles. The van der Waals surface area contributed by atoms with Crippen LogP contribution in [-0.2, 0) is 20.8 Å². The Labute approximate surface area is 126 Å². The van der Waals surface area contributed by atoms with Gasteiger partial charge in [-0.2, -0.15) is 8.42 Å². The summed E-state index contributed by atoms with van der Waals surface area (Å²) in [5, 5.41) is 10.1. The van der Waals surface area contributed by atoms with Crippen LogP contribution in [0.5, 0.6) is 0 Å². The molecule has 21 heavy (non-hydrogen) atoms. The number of β-amino-alcohol motifs (C(OH)–C–C–N with tert-alkyl or cyclic N) is 1. The summed E-state index contributed by atoms with van der Waals surface area (Å²) in [6, 6.07) is 10.2. The molecule has 1 aromatic carbocycles. The van der Waals surface area contributed by atoms with Gasteiger partial charge in [-0.1, -0.05) is 30.3 Å². The van der Waals surface area contributed by atoms with Crippen molar-refractivity contribution < 1.29 is 17.7 Å². The lowest BCUT2D eigenvalue weighted by Gasteiger charge is -2.15. The van der Waals surface area contributed by atoms with E-state index in [2.05, 4.69) is 17.0 Å². The normalized spacial score (nSPS) is 23.5. The van der Waals surface area contributed by atoms with Gasteiger partial charge in [0.15, 0.2) is 0 Å².